The van der Waals surface area contributed by atoms with Gasteiger partial charge in [0, 0.05) is 0 Å². The van der Waals surface area contributed by atoms with Crippen LogP contribution in [0.4, 0.5) is 0 Å². The van der Waals surface area contributed by atoms with Gasteiger partial charge < -0.3 is 10.1 Å². The second kappa shape index (κ2) is 7.53. The lowest BCUT2D eigenvalue weighted by atomic mass is 9.80. The molecule has 0 aliphatic rings. The monoisotopic (exact) mass is 363 g/mol. The topological polar surface area (TPSA) is 81.2 Å². The predicted molar refractivity (Wildman–Crippen MR) is 102 cm³/mol. The number of carbonyl (C=O) groups excluding carboxylic acids is 2. The van der Waals surface area contributed by atoms with Gasteiger partial charge in [0.1, 0.15) is 5.69 Å². The zero-order valence-corrected chi connectivity index (χ0v) is 15.5. The van der Waals surface area contributed by atoms with Crippen LogP contribution in [0.5, 0.6) is 0 Å². The molecule has 3 rings (SSSR count). The summed E-state index contributed by atoms with van der Waals surface area (Å²) < 4.78 is 4.94. The van der Waals surface area contributed by atoms with Crippen LogP contribution < -0.4 is 5.32 Å². The van der Waals surface area contributed by atoms with Crippen molar-refractivity contribution in [2.45, 2.75) is 19.9 Å². The third kappa shape index (κ3) is 3.79. The van der Waals surface area contributed by atoms with Crippen molar-refractivity contribution in [3.63, 3.8) is 0 Å². The zero-order valence-electron chi connectivity index (χ0n) is 15.5. The SMILES string of the molecule is COC(=O)C(C)(C)C(NC(=O)c1cnc2ccccc2n1)c1ccccc1. The van der Waals surface area contributed by atoms with E-state index in [1.54, 1.807) is 19.9 Å². The molecule has 27 heavy (non-hydrogen) atoms. The van der Waals surface area contributed by atoms with E-state index in [9.17, 15) is 9.59 Å². The van der Waals surface area contributed by atoms with Crippen LogP contribution in [0, 0.1) is 5.41 Å². The van der Waals surface area contributed by atoms with Gasteiger partial charge >= 0.3 is 5.97 Å². The fourth-order valence-corrected chi connectivity index (χ4v) is 2.98. The van der Waals surface area contributed by atoms with Crippen molar-refractivity contribution in [2.24, 2.45) is 5.41 Å². The molecule has 6 heteroatoms. The number of hydrogen-bond acceptors (Lipinski definition) is 5. The fraction of sp³-hybridized carbons (Fsp3) is 0.238. The van der Waals surface area contributed by atoms with Crippen molar-refractivity contribution >= 4 is 22.9 Å². The molecule has 6 nitrogen and oxygen atoms in total. The quantitative estimate of drug-likeness (QED) is 0.704. The summed E-state index contributed by atoms with van der Waals surface area (Å²) >= 11 is 0. The molecule has 138 valence electrons. The molecular formula is C21H21N3O3. The molecule has 1 atom stereocenters. The molecule has 0 radical (unpaired) electrons. The average Bonchev–Trinajstić information content (AvgIpc) is 2.71. The number of ether oxygens (including phenoxy) is 1. The number of nitrogens with zero attached hydrogens (tertiary/aromatic N) is 2. The van der Waals surface area contributed by atoms with E-state index in [2.05, 4.69) is 15.3 Å². The minimum absolute atomic E-state index is 0.190. The molecule has 1 heterocycles. The van der Waals surface area contributed by atoms with Gasteiger partial charge in [-0.25, -0.2) is 4.98 Å². The maximum Gasteiger partial charge on any atom is 0.313 e. The first-order chi connectivity index (χ1) is 12.9. The van der Waals surface area contributed by atoms with E-state index < -0.39 is 23.3 Å². The van der Waals surface area contributed by atoms with Crippen LogP contribution in [0.2, 0.25) is 0 Å². The fourth-order valence-electron chi connectivity index (χ4n) is 2.98. The van der Waals surface area contributed by atoms with E-state index in [0.717, 1.165) is 5.56 Å². The van der Waals surface area contributed by atoms with Gasteiger partial charge in [0.2, 0.25) is 0 Å². The van der Waals surface area contributed by atoms with E-state index in [1.807, 2.05) is 48.5 Å². The minimum atomic E-state index is -0.976. The Morgan fingerprint density at radius 2 is 1.63 bits per heavy atom. The third-order valence-corrected chi connectivity index (χ3v) is 4.52. The highest BCUT2D eigenvalue weighted by Crippen LogP contribution is 2.34. The Morgan fingerprint density at radius 1 is 1.00 bits per heavy atom. The molecule has 0 spiro atoms. The molecule has 0 aliphatic heterocycles. The second-order valence-corrected chi connectivity index (χ2v) is 6.77. The van der Waals surface area contributed by atoms with Crippen LogP contribution in [0.25, 0.3) is 11.0 Å². The van der Waals surface area contributed by atoms with Crippen LogP contribution in [0.3, 0.4) is 0 Å². The van der Waals surface area contributed by atoms with Gasteiger partial charge in [-0.2, -0.15) is 0 Å². The summed E-state index contributed by atoms with van der Waals surface area (Å²) in [6.45, 7) is 3.48. The van der Waals surface area contributed by atoms with Gasteiger partial charge in [-0.1, -0.05) is 42.5 Å². The van der Waals surface area contributed by atoms with Crippen LogP contribution in [0.1, 0.15) is 35.9 Å². The van der Waals surface area contributed by atoms with Crippen molar-refractivity contribution in [1.29, 1.82) is 0 Å². The highest BCUT2D eigenvalue weighted by atomic mass is 16.5. The van der Waals surface area contributed by atoms with E-state index in [0.29, 0.717) is 11.0 Å². The number of benzene rings is 2. The Balaban J connectivity index is 1.95. The van der Waals surface area contributed by atoms with Crippen LogP contribution >= 0.6 is 0 Å². The van der Waals surface area contributed by atoms with E-state index in [1.165, 1.54) is 13.3 Å². The standard InChI is InChI=1S/C21H21N3O3/c1-21(2,20(26)27-3)18(14-9-5-4-6-10-14)24-19(25)17-13-22-15-11-7-8-12-16(15)23-17/h4-13,18H,1-3H3,(H,24,25). The number of carbonyl (C=O) groups is 2. The number of amides is 1. The van der Waals surface area contributed by atoms with Gasteiger partial charge in [-0.3, -0.25) is 14.6 Å². The Morgan fingerprint density at radius 3 is 2.30 bits per heavy atom. The summed E-state index contributed by atoms with van der Waals surface area (Å²) in [7, 11) is 1.34. The first-order valence-corrected chi connectivity index (χ1v) is 8.59. The molecule has 1 aromatic heterocycles. The lowest BCUT2D eigenvalue weighted by molar-refractivity contribution is -0.152. The van der Waals surface area contributed by atoms with Gasteiger partial charge in [-0.05, 0) is 31.5 Å². The average molecular weight is 363 g/mol. The molecule has 0 saturated heterocycles. The van der Waals surface area contributed by atoms with Crippen molar-refractivity contribution < 1.29 is 14.3 Å². The number of esters is 1. The number of fused-ring (bicyclic) bond motifs is 1. The van der Waals surface area contributed by atoms with Crippen molar-refractivity contribution in [3.8, 4) is 0 Å². The zero-order chi connectivity index (χ0) is 19.4. The molecular weight excluding hydrogens is 342 g/mol. The summed E-state index contributed by atoms with van der Waals surface area (Å²) in [6, 6.07) is 16.1. The molecule has 3 aromatic rings. The number of methoxy groups -OCH3 is 1. The molecule has 2 aromatic carbocycles. The van der Waals surface area contributed by atoms with Gasteiger partial charge in [-0.15, -0.1) is 0 Å². The molecule has 0 aliphatic carbocycles. The first kappa shape index (κ1) is 18.5. The number of nitrogens with one attached hydrogen (secondary N) is 1. The smallest absolute Gasteiger partial charge is 0.313 e. The summed E-state index contributed by atoms with van der Waals surface area (Å²) in [5.74, 6) is -0.819. The van der Waals surface area contributed by atoms with Crippen molar-refractivity contribution in [3.05, 3.63) is 72.1 Å². The van der Waals surface area contributed by atoms with E-state index in [-0.39, 0.29) is 5.69 Å². The van der Waals surface area contributed by atoms with Crippen LogP contribution in [-0.2, 0) is 9.53 Å². The lowest BCUT2D eigenvalue weighted by Gasteiger charge is -2.32. The molecule has 0 saturated carbocycles. The van der Waals surface area contributed by atoms with Gasteiger partial charge in [0.25, 0.3) is 5.91 Å². The summed E-state index contributed by atoms with van der Waals surface area (Å²) in [4.78, 5) is 33.9. The largest absolute Gasteiger partial charge is 0.469 e. The Bertz CT molecular complexity index is 971. The normalized spacial score (nSPS) is 12.4. The van der Waals surface area contributed by atoms with Crippen molar-refractivity contribution in [2.75, 3.05) is 7.11 Å². The number of rotatable bonds is 5. The third-order valence-electron chi connectivity index (χ3n) is 4.52. The molecule has 0 fully saturated rings. The lowest BCUT2D eigenvalue weighted by Crippen LogP contribution is -2.43. The number of aromatic nitrogens is 2. The second-order valence-electron chi connectivity index (χ2n) is 6.77. The first-order valence-electron chi connectivity index (χ1n) is 8.59. The predicted octanol–water partition coefficient (Wildman–Crippen LogP) is 3.30. The summed E-state index contributed by atoms with van der Waals surface area (Å²) in [5, 5.41) is 2.93. The molecule has 1 unspecified atom stereocenters. The number of hydrogen-bond donors (Lipinski definition) is 1. The van der Waals surface area contributed by atoms with Crippen LogP contribution in [-0.4, -0.2) is 29.0 Å². The maximum atomic E-state index is 12.9. The highest BCUT2D eigenvalue weighted by molar-refractivity contribution is 5.94. The van der Waals surface area contributed by atoms with Crippen LogP contribution in [0.15, 0.2) is 60.8 Å². The molecule has 0 bridgehead atoms. The summed E-state index contributed by atoms with van der Waals surface area (Å²) in [5.41, 5.74) is 1.36. The summed E-state index contributed by atoms with van der Waals surface area (Å²) in [6.07, 6.45) is 1.44. The van der Waals surface area contributed by atoms with E-state index >= 15 is 0 Å². The molecule has 1 N–H and O–H groups in total. The Labute approximate surface area is 157 Å². The van der Waals surface area contributed by atoms with E-state index in [4.69, 9.17) is 4.74 Å². The van der Waals surface area contributed by atoms with Gasteiger partial charge in [0.15, 0.2) is 0 Å². The highest BCUT2D eigenvalue weighted by Gasteiger charge is 2.40. The van der Waals surface area contributed by atoms with Gasteiger partial charge in [0.05, 0.1) is 35.8 Å². The van der Waals surface area contributed by atoms with Crippen molar-refractivity contribution in [1.82, 2.24) is 15.3 Å². The molecule has 1 amide bonds. The Hall–Kier alpha value is -3.28. The minimum Gasteiger partial charge on any atom is -0.469 e. The Kier molecular flexibility index (Phi) is 5.16. The maximum absolute atomic E-state index is 12.9. The number of para-hydroxylation sites is 2.